The van der Waals surface area contributed by atoms with Crippen molar-refractivity contribution in [1.82, 2.24) is 14.9 Å². The van der Waals surface area contributed by atoms with Crippen LogP contribution in [0, 0.1) is 0 Å². The predicted octanol–water partition coefficient (Wildman–Crippen LogP) is 2.82. The second-order valence-corrected chi connectivity index (χ2v) is 10.4. The van der Waals surface area contributed by atoms with E-state index < -0.39 is 15.9 Å². The Morgan fingerprint density at radius 3 is 2.10 bits per heavy atom. The van der Waals surface area contributed by atoms with Gasteiger partial charge in [-0.25, -0.2) is 8.42 Å². The number of nitrogens with zero attached hydrogens (tertiary/aromatic N) is 1. The van der Waals surface area contributed by atoms with E-state index in [1.165, 1.54) is 35.0 Å². The average molecular weight is 436 g/mol. The van der Waals surface area contributed by atoms with Crippen LogP contribution in [-0.2, 0) is 14.8 Å². The Hall–Kier alpha value is -1.93. The molecule has 2 fully saturated rings. The maximum absolute atomic E-state index is 12.9. The lowest BCUT2D eigenvalue weighted by Crippen LogP contribution is -2.42. The molecular weight excluding hydrogens is 402 g/mol. The molecule has 0 saturated heterocycles. The highest BCUT2D eigenvalue weighted by atomic mass is 32.2. The third-order valence-electron chi connectivity index (χ3n) is 6.26. The summed E-state index contributed by atoms with van der Waals surface area (Å²) in [5.41, 5.74) is 0.333. The molecule has 2 aliphatic carbocycles. The van der Waals surface area contributed by atoms with Crippen molar-refractivity contribution in [3.05, 3.63) is 29.8 Å². The number of hydrogen-bond donors (Lipinski definition) is 2. The number of sulfonamides is 1. The van der Waals surface area contributed by atoms with E-state index in [4.69, 9.17) is 0 Å². The van der Waals surface area contributed by atoms with Crippen molar-refractivity contribution >= 4 is 21.8 Å². The zero-order chi connectivity index (χ0) is 21.6. The summed E-state index contributed by atoms with van der Waals surface area (Å²) in [6.45, 7) is -0.0835. The molecule has 0 spiro atoms. The molecule has 0 bridgehead atoms. The molecule has 3 rings (SSSR count). The van der Waals surface area contributed by atoms with Gasteiger partial charge in [0.15, 0.2) is 0 Å². The Morgan fingerprint density at radius 1 is 0.933 bits per heavy atom. The average Bonchev–Trinajstić information content (AvgIpc) is 2.78. The first-order valence-corrected chi connectivity index (χ1v) is 12.5. The fourth-order valence-corrected chi connectivity index (χ4v) is 5.79. The minimum Gasteiger partial charge on any atom is -0.352 e. The van der Waals surface area contributed by atoms with Crippen molar-refractivity contribution in [3.63, 3.8) is 0 Å². The summed E-state index contributed by atoms with van der Waals surface area (Å²) in [5.74, 6) is -0.582. The number of rotatable bonds is 7. The van der Waals surface area contributed by atoms with E-state index in [1.54, 1.807) is 7.05 Å². The van der Waals surface area contributed by atoms with Crippen LogP contribution in [-0.4, -0.2) is 50.2 Å². The molecule has 0 unspecified atom stereocenters. The number of carbonyl (C=O) groups excluding carboxylic acids is 2. The van der Waals surface area contributed by atoms with Crippen molar-refractivity contribution in [1.29, 1.82) is 0 Å². The number of hydrogen-bond acceptors (Lipinski definition) is 4. The molecule has 8 heteroatoms. The normalized spacial score (nSPS) is 18.9. The fraction of sp³-hybridized carbons (Fsp3) is 0.636. The zero-order valence-corrected chi connectivity index (χ0v) is 18.5. The number of nitrogens with one attached hydrogen (secondary N) is 2. The fourth-order valence-electron chi connectivity index (χ4n) is 4.37. The van der Waals surface area contributed by atoms with E-state index >= 15 is 0 Å². The second kappa shape index (κ2) is 10.4. The van der Waals surface area contributed by atoms with Crippen LogP contribution in [0.4, 0.5) is 0 Å². The van der Waals surface area contributed by atoms with Gasteiger partial charge in [0.2, 0.25) is 15.9 Å². The maximum atomic E-state index is 12.9. The number of benzene rings is 1. The summed E-state index contributed by atoms with van der Waals surface area (Å²) in [5, 5.41) is 5.57. The van der Waals surface area contributed by atoms with Crippen molar-refractivity contribution in [3.8, 4) is 0 Å². The molecule has 2 saturated carbocycles. The highest BCUT2D eigenvalue weighted by Gasteiger charge is 2.29. The van der Waals surface area contributed by atoms with Gasteiger partial charge in [0.1, 0.15) is 0 Å². The summed E-state index contributed by atoms with van der Waals surface area (Å²) in [6, 6.07) is 6.16. The van der Waals surface area contributed by atoms with Crippen LogP contribution >= 0.6 is 0 Å². The van der Waals surface area contributed by atoms with E-state index in [0.717, 1.165) is 57.8 Å². The van der Waals surface area contributed by atoms with Crippen molar-refractivity contribution < 1.29 is 18.0 Å². The molecule has 30 heavy (non-hydrogen) atoms. The molecule has 2 amide bonds. The third-order valence-corrected chi connectivity index (χ3v) is 8.19. The van der Waals surface area contributed by atoms with Crippen LogP contribution in [0.25, 0.3) is 0 Å². The lowest BCUT2D eigenvalue weighted by molar-refractivity contribution is -0.121. The monoisotopic (exact) mass is 435 g/mol. The Labute approximate surface area is 179 Å². The van der Waals surface area contributed by atoms with Crippen LogP contribution in [0.3, 0.4) is 0 Å². The summed E-state index contributed by atoms with van der Waals surface area (Å²) >= 11 is 0. The first kappa shape index (κ1) is 22.7. The topological polar surface area (TPSA) is 95.6 Å². The standard InChI is InChI=1S/C22H33N3O4S/c1-25(19-10-6-3-7-11-19)30(28,29)20-14-12-17(13-15-20)22(27)23-16-21(26)24-18-8-4-2-5-9-18/h12-15,18-19H,2-11,16H2,1H3,(H,23,27)(H,24,26). The number of amides is 2. The van der Waals surface area contributed by atoms with Gasteiger partial charge >= 0.3 is 0 Å². The van der Waals surface area contributed by atoms with E-state index in [9.17, 15) is 18.0 Å². The minimum absolute atomic E-state index is 0.0365. The van der Waals surface area contributed by atoms with Gasteiger partial charge in [-0.15, -0.1) is 0 Å². The maximum Gasteiger partial charge on any atom is 0.251 e. The van der Waals surface area contributed by atoms with Gasteiger partial charge in [0.25, 0.3) is 5.91 Å². The van der Waals surface area contributed by atoms with Crippen LogP contribution in [0.2, 0.25) is 0 Å². The van der Waals surface area contributed by atoms with Crippen LogP contribution in [0.15, 0.2) is 29.2 Å². The molecule has 1 aromatic carbocycles. The van der Waals surface area contributed by atoms with E-state index in [-0.39, 0.29) is 29.4 Å². The van der Waals surface area contributed by atoms with Crippen molar-refractivity contribution in [2.75, 3.05) is 13.6 Å². The quantitative estimate of drug-likeness (QED) is 0.688. The minimum atomic E-state index is -3.59. The predicted molar refractivity (Wildman–Crippen MR) is 116 cm³/mol. The Morgan fingerprint density at radius 2 is 1.50 bits per heavy atom. The Kier molecular flexibility index (Phi) is 7.88. The molecule has 0 atom stereocenters. The second-order valence-electron chi connectivity index (χ2n) is 8.42. The summed E-state index contributed by atoms with van der Waals surface area (Å²) in [7, 11) is -1.95. The largest absolute Gasteiger partial charge is 0.352 e. The summed E-state index contributed by atoms with van der Waals surface area (Å²) in [6.07, 6.45) is 10.5. The van der Waals surface area contributed by atoms with E-state index in [1.807, 2.05) is 0 Å². The smallest absolute Gasteiger partial charge is 0.251 e. The van der Waals surface area contributed by atoms with Gasteiger partial charge in [-0.1, -0.05) is 38.5 Å². The van der Waals surface area contributed by atoms with Crippen LogP contribution in [0.5, 0.6) is 0 Å². The highest BCUT2D eigenvalue weighted by molar-refractivity contribution is 7.89. The molecule has 2 aliphatic rings. The van der Waals surface area contributed by atoms with E-state index in [0.29, 0.717) is 5.56 Å². The zero-order valence-electron chi connectivity index (χ0n) is 17.7. The molecule has 0 radical (unpaired) electrons. The highest BCUT2D eigenvalue weighted by Crippen LogP contribution is 2.26. The van der Waals surface area contributed by atoms with Crippen LogP contribution in [0.1, 0.15) is 74.6 Å². The van der Waals surface area contributed by atoms with Gasteiger partial charge in [0.05, 0.1) is 11.4 Å². The first-order valence-electron chi connectivity index (χ1n) is 11.0. The lowest BCUT2D eigenvalue weighted by Gasteiger charge is -2.30. The summed E-state index contributed by atoms with van der Waals surface area (Å²) < 4.78 is 27.2. The SMILES string of the molecule is CN(C1CCCCC1)S(=O)(=O)c1ccc(C(=O)NCC(=O)NC2CCCCC2)cc1. The number of carbonyl (C=O) groups is 2. The summed E-state index contributed by atoms with van der Waals surface area (Å²) in [4.78, 5) is 24.6. The molecule has 166 valence electrons. The molecule has 0 aromatic heterocycles. The van der Waals surface area contributed by atoms with Gasteiger partial charge in [-0.2, -0.15) is 4.31 Å². The van der Waals surface area contributed by atoms with E-state index in [2.05, 4.69) is 10.6 Å². The lowest BCUT2D eigenvalue weighted by atomic mass is 9.95. The first-order chi connectivity index (χ1) is 14.4. The van der Waals surface area contributed by atoms with Gasteiger partial charge < -0.3 is 10.6 Å². The van der Waals surface area contributed by atoms with Crippen molar-refractivity contribution in [2.24, 2.45) is 0 Å². The molecule has 2 N–H and O–H groups in total. The van der Waals surface area contributed by atoms with Gasteiger partial charge in [-0.3, -0.25) is 9.59 Å². The van der Waals surface area contributed by atoms with Crippen molar-refractivity contribution in [2.45, 2.75) is 81.2 Å². The molecule has 1 aromatic rings. The Balaban J connectivity index is 1.53. The Bertz CT molecular complexity index is 826. The molecule has 0 aliphatic heterocycles. The molecule has 7 nitrogen and oxygen atoms in total. The van der Waals surface area contributed by atoms with Gasteiger partial charge in [-0.05, 0) is 49.9 Å². The molecule has 0 heterocycles. The van der Waals surface area contributed by atoms with Gasteiger partial charge in [0, 0.05) is 24.7 Å². The van der Waals surface area contributed by atoms with Crippen LogP contribution < -0.4 is 10.6 Å². The molecular formula is C22H33N3O4S. The third kappa shape index (κ3) is 5.82.